The van der Waals surface area contributed by atoms with Crippen molar-refractivity contribution in [3.05, 3.63) is 63.7 Å². The number of aryl methyl sites for hydroxylation is 1. The largest absolute Gasteiger partial charge is 0.502 e. The minimum atomic E-state index is -0.639. The highest BCUT2D eigenvalue weighted by Crippen LogP contribution is 2.25. The van der Waals surface area contributed by atoms with Gasteiger partial charge in [0.2, 0.25) is 0 Å². The Hall–Kier alpha value is -2.89. The zero-order valence-electron chi connectivity index (χ0n) is 10.8. The van der Waals surface area contributed by atoms with Crippen molar-refractivity contribution < 1.29 is 10.0 Å². The molecule has 20 heavy (non-hydrogen) atoms. The molecule has 0 atom stereocenters. The van der Waals surface area contributed by atoms with Crippen LogP contribution < -0.4 is 5.43 Å². The van der Waals surface area contributed by atoms with Gasteiger partial charge in [0.05, 0.1) is 16.8 Å². The first-order valence-corrected chi connectivity index (χ1v) is 5.89. The number of anilines is 1. The molecule has 0 spiro atoms. The lowest BCUT2D eigenvalue weighted by Gasteiger charge is -2.00. The van der Waals surface area contributed by atoms with E-state index in [4.69, 9.17) is 0 Å². The molecule has 0 bridgehead atoms. The molecule has 0 heterocycles. The quantitative estimate of drug-likeness (QED) is 0.508. The van der Waals surface area contributed by atoms with Crippen LogP contribution in [0.25, 0.3) is 0 Å². The van der Waals surface area contributed by atoms with Crippen LogP contribution in [0.5, 0.6) is 5.75 Å². The Morgan fingerprint density at radius 2 is 1.95 bits per heavy atom. The van der Waals surface area contributed by atoms with Crippen molar-refractivity contribution in [2.24, 2.45) is 5.10 Å². The van der Waals surface area contributed by atoms with Crippen LogP contribution in [0.4, 0.5) is 11.4 Å². The highest BCUT2D eigenvalue weighted by Gasteiger charge is 2.12. The minimum Gasteiger partial charge on any atom is -0.502 e. The Bertz CT molecular complexity index is 651. The highest BCUT2D eigenvalue weighted by molar-refractivity contribution is 5.82. The molecule has 2 N–H and O–H groups in total. The molecule has 0 unspecified atom stereocenters. The van der Waals surface area contributed by atoms with E-state index >= 15 is 0 Å². The molecule has 0 fully saturated rings. The van der Waals surface area contributed by atoms with Crippen molar-refractivity contribution in [1.82, 2.24) is 0 Å². The molecule has 0 amide bonds. The van der Waals surface area contributed by atoms with E-state index in [1.165, 1.54) is 18.3 Å². The Labute approximate surface area is 115 Å². The predicted molar refractivity (Wildman–Crippen MR) is 77.2 cm³/mol. The SMILES string of the molecule is Cc1ccc(N/N=C\c2ccc(O)c([N+](=O)[O-])c2)cc1. The van der Waals surface area contributed by atoms with Gasteiger partial charge in [-0.3, -0.25) is 15.5 Å². The van der Waals surface area contributed by atoms with E-state index in [2.05, 4.69) is 10.5 Å². The summed E-state index contributed by atoms with van der Waals surface area (Å²) in [4.78, 5) is 10.0. The number of phenolic OH excluding ortho intramolecular Hbond substituents is 1. The predicted octanol–water partition coefficient (Wildman–Crippen LogP) is 3.05. The molecule has 0 radical (unpaired) electrons. The number of hydrogen-bond acceptors (Lipinski definition) is 5. The van der Waals surface area contributed by atoms with Crippen LogP contribution in [-0.4, -0.2) is 16.2 Å². The molecule has 6 nitrogen and oxygen atoms in total. The van der Waals surface area contributed by atoms with Crippen LogP contribution in [0.15, 0.2) is 47.6 Å². The molecule has 102 valence electrons. The first-order valence-electron chi connectivity index (χ1n) is 5.89. The number of phenols is 1. The van der Waals surface area contributed by atoms with E-state index in [0.29, 0.717) is 5.56 Å². The summed E-state index contributed by atoms with van der Waals surface area (Å²) >= 11 is 0. The van der Waals surface area contributed by atoms with E-state index in [0.717, 1.165) is 11.3 Å². The summed E-state index contributed by atoms with van der Waals surface area (Å²) in [6.07, 6.45) is 1.45. The third-order valence-electron chi connectivity index (χ3n) is 2.66. The summed E-state index contributed by atoms with van der Waals surface area (Å²) in [6, 6.07) is 11.7. The molecular formula is C14H13N3O3. The van der Waals surface area contributed by atoms with Crippen LogP contribution >= 0.6 is 0 Å². The van der Waals surface area contributed by atoms with Gasteiger partial charge in [-0.05, 0) is 31.2 Å². The second-order valence-electron chi connectivity index (χ2n) is 4.24. The average molecular weight is 271 g/mol. The van der Waals surface area contributed by atoms with Crippen LogP contribution in [0.2, 0.25) is 0 Å². The third kappa shape index (κ3) is 3.32. The van der Waals surface area contributed by atoms with Crippen LogP contribution in [-0.2, 0) is 0 Å². The molecule has 0 aromatic heterocycles. The zero-order valence-corrected chi connectivity index (χ0v) is 10.8. The molecule has 2 aromatic rings. The summed E-state index contributed by atoms with van der Waals surface area (Å²) in [7, 11) is 0. The van der Waals surface area contributed by atoms with Crippen LogP contribution in [0, 0.1) is 17.0 Å². The lowest BCUT2D eigenvalue weighted by molar-refractivity contribution is -0.385. The number of hydrogen-bond donors (Lipinski definition) is 2. The Morgan fingerprint density at radius 3 is 2.60 bits per heavy atom. The van der Waals surface area contributed by atoms with Gasteiger partial charge in [0, 0.05) is 11.6 Å². The maximum absolute atomic E-state index is 10.7. The van der Waals surface area contributed by atoms with E-state index in [-0.39, 0.29) is 11.4 Å². The summed E-state index contributed by atoms with van der Waals surface area (Å²) in [6.45, 7) is 1.99. The fraction of sp³-hybridized carbons (Fsp3) is 0.0714. The van der Waals surface area contributed by atoms with Crippen molar-refractivity contribution in [3.63, 3.8) is 0 Å². The van der Waals surface area contributed by atoms with Gasteiger partial charge in [-0.2, -0.15) is 5.10 Å². The molecule has 0 aliphatic carbocycles. The average Bonchev–Trinajstić information content (AvgIpc) is 2.42. The fourth-order valence-electron chi connectivity index (χ4n) is 1.58. The number of nitro benzene ring substituents is 1. The van der Waals surface area contributed by atoms with Crippen molar-refractivity contribution in [1.29, 1.82) is 0 Å². The smallest absolute Gasteiger partial charge is 0.311 e. The second-order valence-corrected chi connectivity index (χ2v) is 4.24. The molecular weight excluding hydrogens is 258 g/mol. The van der Waals surface area contributed by atoms with Crippen molar-refractivity contribution >= 4 is 17.6 Å². The molecule has 6 heteroatoms. The maximum atomic E-state index is 10.7. The summed E-state index contributed by atoms with van der Waals surface area (Å²) in [5, 5.41) is 24.0. The fourth-order valence-corrected chi connectivity index (χ4v) is 1.58. The number of hydrazone groups is 1. The topological polar surface area (TPSA) is 87.8 Å². The van der Waals surface area contributed by atoms with Gasteiger partial charge in [0.1, 0.15) is 0 Å². The van der Waals surface area contributed by atoms with Crippen molar-refractivity contribution in [3.8, 4) is 5.75 Å². The standard InChI is InChI=1S/C14H13N3O3/c1-10-2-5-12(6-3-10)16-15-9-11-4-7-14(18)13(8-11)17(19)20/h2-9,16,18H,1H3/b15-9-. The highest BCUT2D eigenvalue weighted by atomic mass is 16.6. The van der Waals surface area contributed by atoms with Gasteiger partial charge in [-0.25, -0.2) is 0 Å². The first-order chi connectivity index (χ1) is 9.56. The van der Waals surface area contributed by atoms with Gasteiger partial charge in [0.25, 0.3) is 0 Å². The zero-order chi connectivity index (χ0) is 14.5. The molecule has 2 rings (SSSR count). The molecule has 0 aliphatic heterocycles. The third-order valence-corrected chi connectivity index (χ3v) is 2.66. The lowest BCUT2D eigenvalue weighted by atomic mass is 10.2. The Kier molecular flexibility index (Phi) is 3.95. The van der Waals surface area contributed by atoms with E-state index in [1.54, 1.807) is 6.07 Å². The Morgan fingerprint density at radius 1 is 1.25 bits per heavy atom. The monoisotopic (exact) mass is 271 g/mol. The number of nitro groups is 1. The van der Waals surface area contributed by atoms with E-state index in [9.17, 15) is 15.2 Å². The molecule has 0 aliphatic rings. The molecule has 0 saturated carbocycles. The van der Waals surface area contributed by atoms with Crippen LogP contribution in [0.3, 0.4) is 0 Å². The molecule has 2 aromatic carbocycles. The van der Waals surface area contributed by atoms with Gasteiger partial charge >= 0.3 is 5.69 Å². The van der Waals surface area contributed by atoms with Gasteiger partial charge in [0.15, 0.2) is 5.75 Å². The van der Waals surface area contributed by atoms with Crippen molar-refractivity contribution in [2.45, 2.75) is 6.92 Å². The van der Waals surface area contributed by atoms with Crippen molar-refractivity contribution in [2.75, 3.05) is 5.43 Å². The number of benzene rings is 2. The number of nitrogens with one attached hydrogen (secondary N) is 1. The molecule has 0 saturated heterocycles. The summed E-state index contributed by atoms with van der Waals surface area (Å²) in [5.41, 5.74) is 4.97. The maximum Gasteiger partial charge on any atom is 0.311 e. The van der Waals surface area contributed by atoms with E-state index < -0.39 is 4.92 Å². The summed E-state index contributed by atoms with van der Waals surface area (Å²) in [5.74, 6) is -0.362. The van der Waals surface area contributed by atoms with Gasteiger partial charge in [-0.1, -0.05) is 17.7 Å². The van der Waals surface area contributed by atoms with Gasteiger partial charge in [-0.15, -0.1) is 0 Å². The second kappa shape index (κ2) is 5.83. The number of nitrogens with zero attached hydrogens (tertiary/aromatic N) is 2. The normalized spacial score (nSPS) is 10.7. The lowest BCUT2D eigenvalue weighted by Crippen LogP contribution is -1.93. The first kappa shape index (κ1) is 13.5. The number of rotatable bonds is 4. The Balaban J connectivity index is 2.10. The summed E-state index contributed by atoms with van der Waals surface area (Å²) < 4.78 is 0. The minimum absolute atomic E-state index is 0.343. The van der Waals surface area contributed by atoms with Crippen LogP contribution in [0.1, 0.15) is 11.1 Å². The van der Waals surface area contributed by atoms with E-state index in [1.807, 2.05) is 31.2 Å². The number of aromatic hydroxyl groups is 1. The van der Waals surface area contributed by atoms with Gasteiger partial charge < -0.3 is 5.11 Å².